The number of pyridine rings is 1. The maximum Gasteiger partial charge on any atom is 0.333 e. The fraction of sp³-hybridized carbons (Fsp3) is 0.353. The van der Waals surface area contributed by atoms with Crippen LogP contribution in [0.15, 0.2) is 83.3 Å². The number of fused-ring (bicyclic) bond motifs is 1. The first-order chi connectivity index (χ1) is 21.8. The molecule has 11 nitrogen and oxygen atoms in total. The van der Waals surface area contributed by atoms with Gasteiger partial charge in [0.15, 0.2) is 0 Å². The zero-order valence-corrected chi connectivity index (χ0v) is 25.6. The molecule has 4 aromatic rings. The molecular formula is C34H37N7O4. The summed E-state index contributed by atoms with van der Waals surface area (Å²) in [5, 5.41) is 10.0. The number of likely N-dealkylation sites (tertiary alicyclic amines) is 1. The summed E-state index contributed by atoms with van der Waals surface area (Å²) in [6.45, 7) is 7.51. The molecule has 2 aromatic carbocycles. The molecule has 4 heterocycles. The second-order valence-electron chi connectivity index (χ2n) is 11.9. The summed E-state index contributed by atoms with van der Waals surface area (Å²) >= 11 is 0. The molecular weight excluding hydrogens is 570 g/mol. The van der Waals surface area contributed by atoms with E-state index in [4.69, 9.17) is 15.2 Å². The third-order valence-electron chi connectivity index (χ3n) is 8.65. The van der Waals surface area contributed by atoms with E-state index in [0.717, 1.165) is 19.5 Å². The largest absolute Gasteiger partial charge is 0.457 e. The van der Waals surface area contributed by atoms with Gasteiger partial charge in [0.1, 0.15) is 34.5 Å². The van der Waals surface area contributed by atoms with Crippen LogP contribution >= 0.6 is 0 Å². The van der Waals surface area contributed by atoms with E-state index in [-0.39, 0.29) is 35.6 Å². The van der Waals surface area contributed by atoms with Crippen molar-refractivity contribution in [3.05, 3.63) is 89.0 Å². The number of nitriles is 1. The van der Waals surface area contributed by atoms with E-state index in [0.29, 0.717) is 54.4 Å². The maximum atomic E-state index is 14.1. The number of carbonyl (C=O) groups is 1. The summed E-state index contributed by atoms with van der Waals surface area (Å²) in [4.78, 5) is 36.1. The number of hydrogen-bond acceptors (Lipinski definition) is 8. The number of para-hydroxylation sites is 1. The molecule has 2 aliphatic rings. The van der Waals surface area contributed by atoms with Crippen molar-refractivity contribution in [3.8, 4) is 23.3 Å². The van der Waals surface area contributed by atoms with Crippen LogP contribution in [0.3, 0.4) is 0 Å². The molecule has 0 spiro atoms. The molecule has 1 amide bonds. The van der Waals surface area contributed by atoms with Crippen LogP contribution in [0.2, 0.25) is 0 Å². The van der Waals surface area contributed by atoms with Crippen LogP contribution in [0.4, 0.5) is 5.82 Å². The van der Waals surface area contributed by atoms with E-state index in [9.17, 15) is 14.9 Å². The predicted octanol–water partition coefficient (Wildman–Crippen LogP) is 4.11. The number of morpholine rings is 1. The van der Waals surface area contributed by atoms with Crippen LogP contribution in [-0.4, -0.2) is 74.3 Å². The SMILES string of the molecule is CC(C)(C=C(C#N)C(=O)N1CCCC1Cn1c(=O)n(-c2ccc(Oc3ccccc3)cc2)c2c(N)nccc21)N1CCOCC1. The molecule has 2 N–H and O–H groups in total. The topological polar surface area (TPSA) is 132 Å². The summed E-state index contributed by atoms with van der Waals surface area (Å²) < 4.78 is 14.6. The van der Waals surface area contributed by atoms with Crippen LogP contribution in [-0.2, 0) is 16.1 Å². The predicted molar refractivity (Wildman–Crippen MR) is 171 cm³/mol. The number of nitrogens with zero attached hydrogens (tertiary/aromatic N) is 6. The minimum Gasteiger partial charge on any atom is -0.457 e. The number of rotatable bonds is 8. The summed E-state index contributed by atoms with van der Waals surface area (Å²) in [6.07, 6.45) is 4.84. The molecule has 0 aliphatic carbocycles. The molecule has 2 fully saturated rings. The number of imidazole rings is 1. The summed E-state index contributed by atoms with van der Waals surface area (Å²) in [5.74, 6) is 1.26. The Morgan fingerprint density at radius 2 is 1.80 bits per heavy atom. The third-order valence-corrected chi connectivity index (χ3v) is 8.65. The standard InChI is InChI=1S/C34H37N7O4/c1-34(2,38-17-19-44-20-18-38)21-24(22-35)32(42)39-16-6-7-26(39)23-40-29-14-15-37-31(36)30(29)41(33(40)43)25-10-12-28(13-11-25)45-27-8-4-3-5-9-27/h3-5,8-15,21,26H,6-7,16-20,23H2,1-2H3,(H2,36,37). The van der Waals surface area contributed by atoms with Crippen molar-refractivity contribution in [2.24, 2.45) is 0 Å². The van der Waals surface area contributed by atoms with Crippen molar-refractivity contribution in [2.75, 3.05) is 38.6 Å². The minimum absolute atomic E-state index is 0.111. The van der Waals surface area contributed by atoms with Gasteiger partial charge >= 0.3 is 5.69 Å². The van der Waals surface area contributed by atoms with E-state index >= 15 is 0 Å². The van der Waals surface area contributed by atoms with Crippen LogP contribution in [0.5, 0.6) is 11.5 Å². The Hall–Kier alpha value is -4.92. The molecule has 2 aliphatic heterocycles. The summed E-state index contributed by atoms with van der Waals surface area (Å²) in [7, 11) is 0. The lowest BCUT2D eigenvalue weighted by molar-refractivity contribution is -0.127. The van der Waals surface area contributed by atoms with Gasteiger partial charge in [-0.2, -0.15) is 5.26 Å². The number of nitrogens with two attached hydrogens (primary N) is 1. The minimum atomic E-state index is -0.490. The third kappa shape index (κ3) is 6.07. The van der Waals surface area contributed by atoms with Gasteiger partial charge < -0.3 is 20.1 Å². The molecule has 0 bridgehead atoms. The quantitative estimate of drug-likeness (QED) is 0.234. The van der Waals surface area contributed by atoms with E-state index in [2.05, 4.69) is 16.0 Å². The van der Waals surface area contributed by atoms with Crippen LogP contribution in [0.25, 0.3) is 16.7 Å². The van der Waals surface area contributed by atoms with Crippen molar-refractivity contribution in [1.29, 1.82) is 5.26 Å². The number of benzene rings is 2. The van der Waals surface area contributed by atoms with Gasteiger partial charge in [0.05, 0.1) is 30.5 Å². The van der Waals surface area contributed by atoms with Gasteiger partial charge in [-0.05, 0) is 75.2 Å². The average molecular weight is 608 g/mol. The highest BCUT2D eigenvalue weighted by atomic mass is 16.5. The number of hydrogen-bond donors (Lipinski definition) is 1. The number of aromatic nitrogens is 3. The molecule has 0 saturated carbocycles. The number of anilines is 1. The smallest absolute Gasteiger partial charge is 0.333 e. The molecule has 6 rings (SSSR count). The van der Waals surface area contributed by atoms with Gasteiger partial charge in [-0.25, -0.2) is 9.78 Å². The maximum absolute atomic E-state index is 14.1. The van der Waals surface area contributed by atoms with Crippen LogP contribution in [0.1, 0.15) is 26.7 Å². The Balaban J connectivity index is 1.29. The number of amides is 1. The van der Waals surface area contributed by atoms with Gasteiger partial charge in [-0.15, -0.1) is 0 Å². The van der Waals surface area contributed by atoms with E-state index in [1.165, 1.54) is 0 Å². The number of carbonyl (C=O) groups excluding carboxylic acids is 1. The van der Waals surface area contributed by atoms with Gasteiger partial charge in [0.25, 0.3) is 5.91 Å². The normalized spacial score (nSPS) is 17.8. The highest BCUT2D eigenvalue weighted by Crippen LogP contribution is 2.28. The van der Waals surface area contributed by atoms with E-state index < -0.39 is 5.54 Å². The van der Waals surface area contributed by atoms with E-state index in [1.807, 2.05) is 56.3 Å². The van der Waals surface area contributed by atoms with Crippen LogP contribution < -0.4 is 16.2 Å². The molecule has 0 radical (unpaired) electrons. The fourth-order valence-corrected chi connectivity index (χ4v) is 6.31. The lowest BCUT2D eigenvalue weighted by atomic mass is 9.97. The summed E-state index contributed by atoms with van der Waals surface area (Å²) in [6, 6.07) is 20.3. The second-order valence-corrected chi connectivity index (χ2v) is 11.9. The lowest BCUT2D eigenvalue weighted by Crippen LogP contribution is -2.49. The molecule has 45 heavy (non-hydrogen) atoms. The first kappa shape index (κ1) is 30.1. The van der Waals surface area contributed by atoms with Crippen molar-refractivity contribution in [1.82, 2.24) is 23.9 Å². The molecule has 1 unspecified atom stereocenters. The Kier molecular flexibility index (Phi) is 8.43. The first-order valence-corrected chi connectivity index (χ1v) is 15.2. The average Bonchev–Trinajstić information content (AvgIpc) is 3.64. The van der Waals surface area contributed by atoms with Gasteiger partial charge in [0, 0.05) is 37.9 Å². The monoisotopic (exact) mass is 607 g/mol. The van der Waals surface area contributed by atoms with Gasteiger partial charge in [-0.3, -0.25) is 18.8 Å². The lowest BCUT2D eigenvalue weighted by Gasteiger charge is -2.39. The zero-order chi connectivity index (χ0) is 31.6. The Labute approximate surface area is 261 Å². The molecule has 2 aromatic heterocycles. The summed E-state index contributed by atoms with van der Waals surface area (Å²) in [5.41, 5.74) is 7.42. The van der Waals surface area contributed by atoms with Gasteiger partial charge in [0.2, 0.25) is 0 Å². The van der Waals surface area contributed by atoms with Crippen molar-refractivity contribution >= 4 is 22.8 Å². The Morgan fingerprint density at radius 3 is 2.51 bits per heavy atom. The van der Waals surface area contributed by atoms with Crippen LogP contribution in [0, 0.1) is 11.3 Å². The molecule has 1 atom stereocenters. The highest BCUT2D eigenvalue weighted by Gasteiger charge is 2.34. The zero-order valence-electron chi connectivity index (χ0n) is 25.6. The van der Waals surface area contributed by atoms with E-state index in [1.54, 1.807) is 44.5 Å². The number of ether oxygens (including phenoxy) is 2. The molecule has 232 valence electrons. The first-order valence-electron chi connectivity index (χ1n) is 15.2. The van der Waals surface area contributed by atoms with Gasteiger partial charge in [-0.1, -0.05) is 18.2 Å². The molecule has 11 heteroatoms. The highest BCUT2D eigenvalue weighted by molar-refractivity contribution is 5.97. The Bertz CT molecular complexity index is 1810. The van der Waals surface area contributed by atoms with Crippen molar-refractivity contribution < 1.29 is 14.3 Å². The Morgan fingerprint density at radius 1 is 1.09 bits per heavy atom. The fourth-order valence-electron chi connectivity index (χ4n) is 6.31. The van der Waals surface area contributed by atoms with Crippen molar-refractivity contribution in [3.63, 3.8) is 0 Å². The molecule has 2 saturated heterocycles. The second kappa shape index (κ2) is 12.6. The van der Waals surface area contributed by atoms with Crippen molar-refractivity contribution in [2.45, 2.75) is 44.8 Å². The number of nitrogen functional groups attached to an aromatic ring is 1.